The number of aliphatic imine (C=N–C) groups is 1. The van der Waals surface area contributed by atoms with Gasteiger partial charge in [-0.25, -0.2) is 4.98 Å². The van der Waals surface area contributed by atoms with Crippen LogP contribution in [0.15, 0.2) is 53.9 Å². The molecule has 31 heavy (non-hydrogen) atoms. The number of rotatable bonds is 9. The summed E-state index contributed by atoms with van der Waals surface area (Å²) in [5.74, 6) is -3.74. The molecule has 9 heteroatoms. The van der Waals surface area contributed by atoms with Crippen LogP contribution in [0.25, 0.3) is 11.3 Å². The van der Waals surface area contributed by atoms with Gasteiger partial charge in [-0.1, -0.05) is 49.6 Å². The Balaban J connectivity index is 2.09. The lowest BCUT2D eigenvalue weighted by Crippen LogP contribution is -2.53. The molecule has 1 aromatic heterocycles. The van der Waals surface area contributed by atoms with Crippen molar-refractivity contribution in [2.45, 2.75) is 32.4 Å². The van der Waals surface area contributed by atoms with Gasteiger partial charge in [0.1, 0.15) is 11.6 Å². The first-order valence-corrected chi connectivity index (χ1v) is 10.3. The van der Waals surface area contributed by atoms with E-state index in [0.29, 0.717) is 17.1 Å². The number of nitrogens with zero attached hydrogens (tertiary/aromatic N) is 3. The number of carbonyl (C=O) groups excluding carboxylic acids is 3. The molecule has 2 heterocycles. The minimum Gasteiger partial charge on any atom is -0.369 e. The van der Waals surface area contributed by atoms with Crippen molar-refractivity contribution in [1.82, 2.24) is 9.55 Å². The molecule has 1 aliphatic heterocycles. The third kappa shape index (κ3) is 4.29. The van der Waals surface area contributed by atoms with E-state index in [4.69, 9.17) is 23.1 Å². The van der Waals surface area contributed by atoms with Gasteiger partial charge in [0.25, 0.3) is 5.91 Å². The molecule has 4 N–H and O–H groups in total. The predicted molar refractivity (Wildman–Crippen MR) is 118 cm³/mol. The predicted octanol–water partition coefficient (Wildman–Crippen LogP) is 2.68. The standard InChI is InChI=1S/C22H24ClN5O3/c1-2-3-5-16(18(29)19(24)30)22(20(25)31)10-4-11-26-21(22)28-12-17(27-13-28)14-6-8-15(23)9-7-14/h4,6-13,16,21H,2-3,5H2,1H3,(H2,24,30)(H2,25,31). The number of imidazole rings is 1. The van der Waals surface area contributed by atoms with Gasteiger partial charge in [0.2, 0.25) is 11.7 Å². The number of allylic oxidation sites excluding steroid dienone is 1. The van der Waals surface area contributed by atoms with Gasteiger partial charge < -0.3 is 16.0 Å². The number of dihydropyridines is 1. The number of amides is 2. The quantitative estimate of drug-likeness (QED) is 0.578. The first kappa shape index (κ1) is 22.4. The second-order valence-electron chi connectivity index (χ2n) is 7.46. The lowest BCUT2D eigenvalue weighted by atomic mass is 9.67. The van der Waals surface area contributed by atoms with Crippen molar-refractivity contribution >= 4 is 35.4 Å². The maximum Gasteiger partial charge on any atom is 0.285 e. The van der Waals surface area contributed by atoms with Gasteiger partial charge >= 0.3 is 0 Å². The van der Waals surface area contributed by atoms with Crippen LogP contribution in [-0.4, -0.2) is 33.4 Å². The van der Waals surface area contributed by atoms with Gasteiger partial charge in [0.05, 0.1) is 12.0 Å². The fraction of sp³-hybridized carbons (Fsp3) is 0.318. The number of unbranched alkanes of at least 4 members (excludes halogenated alkanes) is 1. The summed E-state index contributed by atoms with van der Waals surface area (Å²) in [6.07, 6.45) is 8.64. The molecule has 0 bridgehead atoms. The molecule has 2 aromatic rings. The molecule has 0 radical (unpaired) electrons. The largest absolute Gasteiger partial charge is 0.369 e. The number of Topliss-reactive ketones (excluding diaryl/α,β-unsaturated/α-hetero) is 1. The highest BCUT2D eigenvalue weighted by Crippen LogP contribution is 2.46. The summed E-state index contributed by atoms with van der Waals surface area (Å²) in [5.41, 5.74) is 11.1. The molecular formula is C22H24ClN5O3. The summed E-state index contributed by atoms with van der Waals surface area (Å²) in [6, 6.07) is 7.14. The molecule has 3 unspecified atom stereocenters. The van der Waals surface area contributed by atoms with Crippen molar-refractivity contribution in [2.24, 2.45) is 27.8 Å². The minimum absolute atomic E-state index is 0.274. The van der Waals surface area contributed by atoms with Crippen LogP contribution in [0.4, 0.5) is 0 Å². The number of carbonyl (C=O) groups is 3. The van der Waals surface area contributed by atoms with Gasteiger partial charge in [-0.3, -0.25) is 19.4 Å². The molecule has 0 spiro atoms. The number of benzene rings is 1. The number of primary amides is 2. The smallest absolute Gasteiger partial charge is 0.285 e. The molecular weight excluding hydrogens is 418 g/mol. The molecule has 0 aliphatic carbocycles. The highest BCUT2D eigenvalue weighted by molar-refractivity contribution is 6.37. The maximum absolute atomic E-state index is 12.9. The van der Waals surface area contributed by atoms with Gasteiger partial charge in [0, 0.05) is 28.9 Å². The van der Waals surface area contributed by atoms with Gasteiger partial charge in [0.15, 0.2) is 0 Å². The molecule has 3 rings (SSSR count). The van der Waals surface area contributed by atoms with E-state index in [9.17, 15) is 14.4 Å². The zero-order valence-electron chi connectivity index (χ0n) is 17.1. The average Bonchev–Trinajstić information content (AvgIpc) is 3.24. The summed E-state index contributed by atoms with van der Waals surface area (Å²) >= 11 is 5.96. The van der Waals surface area contributed by atoms with E-state index in [-0.39, 0.29) is 6.42 Å². The highest BCUT2D eigenvalue weighted by atomic mass is 35.5. The summed E-state index contributed by atoms with van der Waals surface area (Å²) < 4.78 is 1.63. The summed E-state index contributed by atoms with van der Waals surface area (Å²) in [5, 5.41) is 0.599. The number of halogens is 1. The zero-order chi connectivity index (χ0) is 22.6. The Morgan fingerprint density at radius 1 is 1.23 bits per heavy atom. The third-order valence-corrected chi connectivity index (χ3v) is 5.80. The number of aromatic nitrogens is 2. The molecule has 1 aromatic carbocycles. The first-order valence-electron chi connectivity index (χ1n) is 9.95. The van der Waals surface area contributed by atoms with Crippen molar-refractivity contribution < 1.29 is 14.4 Å². The van der Waals surface area contributed by atoms with Crippen LogP contribution in [0.3, 0.4) is 0 Å². The van der Waals surface area contributed by atoms with Crippen LogP contribution in [0.2, 0.25) is 5.02 Å². The Kier molecular flexibility index (Phi) is 6.70. The second-order valence-corrected chi connectivity index (χ2v) is 7.90. The Morgan fingerprint density at radius 2 is 1.94 bits per heavy atom. The summed E-state index contributed by atoms with van der Waals surface area (Å²) in [4.78, 5) is 46.3. The van der Waals surface area contributed by atoms with Crippen LogP contribution in [0.5, 0.6) is 0 Å². The van der Waals surface area contributed by atoms with E-state index in [0.717, 1.165) is 12.0 Å². The molecule has 0 fully saturated rings. The van der Waals surface area contributed by atoms with Crippen LogP contribution < -0.4 is 11.5 Å². The van der Waals surface area contributed by atoms with E-state index in [2.05, 4.69) is 9.98 Å². The van der Waals surface area contributed by atoms with Crippen LogP contribution in [0.1, 0.15) is 32.4 Å². The van der Waals surface area contributed by atoms with E-state index in [1.807, 2.05) is 19.1 Å². The van der Waals surface area contributed by atoms with Crippen LogP contribution in [0, 0.1) is 11.3 Å². The Morgan fingerprint density at radius 3 is 2.55 bits per heavy atom. The molecule has 3 atom stereocenters. The Labute approximate surface area is 185 Å². The van der Waals surface area contributed by atoms with E-state index in [1.165, 1.54) is 12.5 Å². The summed E-state index contributed by atoms with van der Waals surface area (Å²) in [6.45, 7) is 1.95. The number of hydrogen-bond acceptors (Lipinski definition) is 5. The van der Waals surface area contributed by atoms with Gasteiger partial charge in [-0.15, -0.1) is 0 Å². The van der Waals surface area contributed by atoms with Gasteiger partial charge in [-0.05, 0) is 24.6 Å². The highest BCUT2D eigenvalue weighted by Gasteiger charge is 2.54. The van der Waals surface area contributed by atoms with Crippen LogP contribution >= 0.6 is 11.6 Å². The number of ketones is 1. The molecule has 0 saturated heterocycles. The second kappa shape index (κ2) is 9.26. The summed E-state index contributed by atoms with van der Waals surface area (Å²) in [7, 11) is 0. The fourth-order valence-corrected chi connectivity index (χ4v) is 4.08. The lowest BCUT2D eigenvalue weighted by molar-refractivity contribution is -0.145. The molecule has 1 aliphatic rings. The molecule has 8 nitrogen and oxygen atoms in total. The zero-order valence-corrected chi connectivity index (χ0v) is 17.8. The maximum atomic E-state index is 12.9. The SMILES string of the molecule is CCCCC(C(=O)C(N)=O)C1(C(N)=O)C=CC=NC1n1cnc(-c2ccc(Cl)cc2)c1. The van der Waals surface area contributed by atoms with Crippen molar-refractivity contribution in [3.8, 4) is 11.3 Å². The molecule has 162 valence electrons. The van der Waals surface area contributed by atoms with E-state index < -0.39 is 35.1 Å². The Bertz CT molecular complexity index is 1040. The third-order valence-electron chi connectivity index (χ3n) is 5.55. The molecule has 2 amide bonds. The first-order chi connectivity index (χ1) is 14.8. The Hall–Kier alpha value is -3.26. The normalized spacial score (nSPS) is 21.0. The average molecular weight is 442 g/mol. The fourth-order valence-electron chi connectivity index (χ4n) is 3.95. The van der Waals surface area contributed by atoms with Crippen molar-refractivity contribution in [1.29, 1.82) is 0 Å². The van der Waals surface area contributed by atoms with Crippen molar-refractivity contribution in [3.63, 3.8) is 0 Å². The monoisotopic (exact) mass is 441 g/mol. The van der Waals surface area contributed by atoms with Crippen molar-refractivity contribution in [3.05, 3.63) is 54.0 Å². The number of nitrogens with two attached hydrogens (primary N) is 2. The van der Waals surface area contributed by atoms with Gasteiger partial charge in [-0.2, -0.15) is 0 Å². The lowest BCUT2D eigenvalue weighted by Gasteiger charge is -2.40. The number of hydrogen-bond donors (Lipinski definition) is 2. The van der Waals surface area contributed by atoms with Crippen molar-refractivity contribution in [2.75, 3.05) is 0 Å². The minimum atomic E-state index is -1.56. The van der Waals surface area contributed by atoms with Crippen LogP contribution in [-0.2, 0) is 14.4 Å². The topological polar surface area (TPSA) is 133 Å². The van der Waals surface area contributed by atoms with E-state index >= 15 is 0 Å². The van der Waals surface area contributed by atoms with E-state index in [1.54, 1.807) is 35.0 Å². The molecule has 0 saturated carbocycles.